The lowest BCUT2D eigenvalue weighted by atomic mass is 9.73. The summed E-state index contributed by atoms with van der Waals surface area (Å²) >= 11 is 1.33. The highest BCUT2D eigenvalue weighted by Gasteiger charge is 2.42. The molecule has 0 saturated carbocycles. The number of hydrogen-bond donors (Lipinski definition) is 1. The van der Waals surface area contributed by atoms with Gasteiger partial charge in [0, 0.05) is 41.8 Å². The second kappa shape index (κ2) is 8.00. The summed E-state index contributed by atoms with van der Waals surface area (Å²) < 4.78 is 22.6. The van der Waals surface area contributed by atoms with Gasteiger partial charge in [-0.25, -0.2) is 4.39 Å². The van der Waals surface area contributed by atoms with Crippen LogP contribution >= 0.6 is 11.8 Å². The lowest BCUT2D eigenvalue weighted by Gasteiger charge is -2.35. The van der Waals surface area contributed by atoms with Crippen molar-refractivity contribution in [1.29, 1.82) is 0 Å². The van der Waals surface area contributed by atoms with E-state index in [0.29, 0.717) is 36.5 Å². The SMILES string of the molecule is Cn1nccc1-c1ccc(Sc2cccc(C3(C(N)=O)CCOCC3)c2F)cc1. The van der Waals surface area contributed by atoms with Gasteiger partial charge in [0.15, 0.2) is 0 Å². The zero-order valence-electron chi connectivity index (χ0n) is 16.1. The number of amides is 1. The first-order valence-corrected chi connectivity index (χ1v) is 10.3. The van der Waals surface area contributed by atoms with Crippen molar-refractivity contribution in [2.75, 3.05) is 13.2 Å². The van der Waals surface area contributed by atoms with Crippen LogP contribution < -0.4 is 5.73 Å². The third-order valence-electron chi connectivity index (χ3n) is 5.50. The van der Waals surface area contributed by atoms with E-state index in [-0.39, 0.29) is 5.82 Å². The molecule has 4 rings (SSSR count). The first-order chi connectivity index (χ1) is 14.0. The van der Waals surface area contributed by atoms with E-state index in [2.05, 4.69) is 5.10 Å². The van der Waals surface area contributed by atoms with Crippen LogP contribution in [-0.4, -0.2) is 28.9 Å². The number of ether oxygens (including phenoxy) is 1. The predicted octanol–water partition coefficient (Wildman–Crippen LogP) is 3.91. The van der Waals surface area contributed by atoms with Gasteiger partial charge in [-0.3, -0.25) is 9.48 Å². The summed E-state index contributed by atoms with van der Waals surface area (Å²) in [4.78, 5) is 13.6. The van der Waals surface area contributed by atoms with E-state index in [1.165, 1.54) is 11.8 Å². The lowest BCUT2D eigenvalue weighted by molar-refractivity contribution is -0.127. The first kappa shape index (κ1) is 19.7. The van der Waals surface area contributed by atoms with Gasteiger partial charge in [-0.05, 0) is 42.7 Å². The van der Waals surface area contributed by atoms with E-state index in [1.54, 1.807) is 24.4 Å². The average Bonchev–Trinajstić information content (AvgIpc) is 3.16. The van der Waals surface area contributed by atoms with E-state index in [4.69, 9.17) is 10.5 Å². The molecule has 1 fully saturated rings. The Balaban J connectivity index is 1.62. The van der Waals surface area contributed by atoms with Crippen LogP contribution in [0.25, 0.3) is 11.3 Å². The fourth-order valence-corrected chi connectivity index (χ4v) is 4.68. The van der Waals surface area contributed by atoms with Crippen LogP contribution in [0, 0.1) is 5.82 Å². The Morgan fingerprint density at radius 2 is 1.90 bits per heavy atom. The number of nitrogens with two attached hydrogens (primary N) is 1. The molecule has 0 aliphatic carbocycles. The minimum Gasteiger partial charge on any atom is -0.381 e. The quantitative estimate of drug-likeness (QED) is 0.691. The third-order valence-corrected chi connectivity index (χ3v) is 6.54. The highest BCUT2D eigenvalue weighted by molar-refractivity contribution is 7.99. The monoisotopic (exact) mass is 411 g/mol. The van der Waals surface area contributed by atoms with Gasteiger partial charge in [0.1, 0.15) is 5.82 Å². The smallest absolute Gasteiger partial charge is 0.228 e. The maximum Gasteiger partial charge on any atom is 0.228 e. The number of carbonyl (C=O) groups is 1. The number of aromatic nitrogens is 2. The molecule has 1 amide bonds. The van der Waals surface area contributed by atoms with Crippen LogP contribution in [0.1, 0.15) is 18.4 Å². The van der Waals surface area contributed by atoms with Gasteiger partial charge in [-0.2, -0.15) is 5.10 Å². The Labute approximate surface area is 173 Å². The molecule has 1 aliphatic heterocycles. The second-order valence-corrected chi connectivity index (χ2v) is 8.26. The molecule has 2 aromatic carbocycles. The molecule has 0 radical (unpaired) electrons. The predicted molar refractivity (Wildman–Crippen MR) is 110 cm³/mol. The fourth-order valence-electron chi connectivity index (χ4n) is 3.81. The highest BCUT2D eigenvalue weighted by Crippen LogP contribution is 2.40. The summed E-state index contributed by atoms with van der Waals surface area (Å²) in [6, 6.07) is 15.0. The van der Waals surface area contributed by atoms with E-state index in [1.807, 2.05) is 42.1 Å². The summed E-state index contributed by atoms with van der Waals surface area (Å²) in [6.45, 7) is 0.796. The number of halogens is 1. The van der Waals surface area contributed by atoms with Crippen molar-refractivity contribution in [1.82, 2.24) is 9.78 Å². The molecular weight excluding hydrogens is 389 g/mol. The molecule has 1 saturated heterocycles. The molecule has 150 valence electrons. The molecule has 0 unspecified atom stereocenters. The molecule has 0 spiro atoms. The van der Waals surface area contributed by atoms with Crippen LogP contribution in [0.15, 0.2) is 64.5 Å². The van der Waals surface area contributed by atoms with E-state index in [9.17, 15) is 4.79 Å². The number of rotatable bonds is 5. The van der Waals surface area contributed by atoms with E-state index in [0.717, 1.165) is 16.2 Å². The van der Waals surface area contributed by atoms with Crippen molar-refractivity contribution in [3.63, 3.8) is 0 Å². The number of carbonyl (C=O) groups excluding carboxylic acids is 1. The molecular formula is C22H22FN3O2S. The van der Waals surface area contributed by atoms with Crippen LogP contribution in [0.4, 0.5) is 4.39 Å². The Bertz CT molecular complexity index is 1030. The van der Waals surface area contributed by atoms with Gasteiger partial charge in [0.2, 0.25) is 5.91 Å². The largest absolute Gasteiger partial charge is 0.381 e. The number of hydrogen-bond acceptors (Lipinski definition) is 4. The van der Waals surface area contributed by atoms with Crippen molar-refractivity contribution in [3.05, 3.63) is 66.1 Å². The molecule has 0 bridgehead atoms. The number of aryl methyl sites for hydroxylation is 1. The Morgan fingerprint density at radius 3 is 2.52 bits per heavy atom. The molecule has 29 heavy (non-hydrogen) atoms. The number of benzene rings is 2. The summed E-state index contributed by atoms with van der Waals surface area (Å²) in [5.74, 6) is -0.878. The molecule has 5 nitrogen and oxygen atoms in total. The minimum atomic E-state index is -1.01. The molecule has 1 aliphatic rings. The maximum atomic E-state index is 15.4. The first-order valence-electron chi connectivity index (χ1n) is 9.44. The number of nitrogens with zero attached hydrogens (tertiary/aromatic N) is 2. The summed E-state index contributed by atoms with van der Waals surface area (Å²) in [7, 11) is 1.89. The van der Waals surface area contributed by atoms with Crippen molar-refractivity contribution in [2.45, 2.75) is 28.0 Å². The van der Waals surface area contributed by atoms with Gasteiger partial charge >= 0.3 is 0 Å². The van der Waals surface area contributed by atoms with Crippen LogP contribution in [0.5, 0.6) is 0 Å². The van der Waals surface area contributed by atoms with Crippen molar-refractivity contribution >= 4 is 17.7 Å². The van der Waals surface area contributed by atoms with Gasteiger partial charge in [0.25, 0.3) is 0 Å². The fraction of sp³-hybridized carbons (Fsp3) is 0.273. The van der Waals surface area contributed by atoms with Crippen LogP contribution in [0.2, 0.25) is 0 Å². The van der Waals surface area contributed by atoms with Crippen molar-refractivity contribution in [2.24, 2.45) is 12.8 Å². The molecule has 0 atom stereocenters. The number of primary amides is 1. The van der Waals surface area contributed by atoms with Crippen LogP contribution in [-0.2, 0) is 22.0 Å². The molecule has 7 heteroatoms. The van der Waals surface area contributed by atoms with Crippen molar-refractivity contribution < 1.29 is 13.9 Å². The molecule has 2 N–H and O–H groups in total. The van der Waals surface area contributed by atoms with Gasteiger partial charge in [-0.1, -0.05) is 36.0 Å². The topological polar surface area (TPSA) is 70.1 Å². The molecule has 2 heterocycles. The highest BCUT2D eigenvalue weighted by atomic mass is 32.2. The minimum absolute atomic E-state index is 0.366. The Morgan fingerprint density at radius 1 is 1.17 bits per heavy atom. The van der Waals surface area contributed by atoms with Crippen molar-refractivity contribution in [3.8, 4) is 11.3 Å². The average molecular weight is 412 g/mol. The zero-order chi connectivity index (χ0) is 20.4. The molecule has 1 aromatic heterocycles. The Kier molecular flexibility index (Phi) is 5.43. The standard InChI is InChI=1S/C22H22FN3O2S/c1-26-18(9-12-25-26)15-5-7-16(8-6-15)29-19-4-2-3-17(20(19)23)22(21(24)27)10-13-28-14-11-22/h2-9,12H,10-11,13-14H2,1H3,(H2,24,27). The lowest BCUT2D eigenvalue weighted by Crippen LogP contribution is -2.46. The van der Waals surface area contributed by atoms with Crippen LogP contribution in [0.3, 0.4) is 0 Å². The Hall–Kier alpha value is -2.64. The maximum absolute atomic E-state index is 15.4. The molecule has 3 aromatic rings. The summed E-state index contributed by atoms with van der Waals surface area (Å²) in [5, 5.41) is 4.18. The summed E-state index contributed by atoms with van der Waals surface area (Å²) in [5.41, 5.74) is 7.11. The second-order valence-electron chi connectivity index (χ2n) is 7.14. The van der Waals surface area contributed by atoms with E-state index >= 15 is 4.39 Å². The van der Waals surface area contributed by atoms with Gasteiger partial charge in [-0.15, -0.1) is 0 Å². The van der Waals surface area contributed by atoms with Gasteiger partial charge < -0.3 is 10.5 Å². The van der Waals surface area contributed by atoms with E-state index < -0.39 is 11.3 Å². The zero-order valence-corrected chi connectivity index (χ0v) is 16.9. The third kappa shape index (κ3) is 3.68. The van der Waals surface area contributed by atoms with Gasteiger partial charge in [0.05, 0.1) is 11.1 Å². The summed E-state index contributed by atoms with van der Waals surface area (Å²) in [6.07, 6.45) is 2.54. The normalized spacial score (nSPS) is 15.9.